The first-order chi connectivity index (χ1) is 10.1. The lowest BCUT2D eigenvalue weighted by Gasteiger charge is -2.33. The Morgan fingerprint density at radius 2 is 2.19 bits per heavy atom. The van der Waals surface area contributed by atoms with Gasteiger partial charge in [-0.15, -0.1) is 0 Å². The van der Waals surface area contributed by atoms with Gasteiger partial charge in [0.25, 0.3) is 0 Å². The molecule has 112 valence electrons. The fraction of sp³-hybridized carbons (Fsp3) is 0.471. The Bertz CT molecular complexity index is 720. The number of benzene rings is 1. The van der Waals surface area contributed by atoms with Crippen LogP contribution in [0.2, 0.25) is 0 Å². The molecule has 1 fully saturated rings. The number of likely N-dealkylation sites (tertiary alicyclic amines) is 1. The van der Waals surface area contributed by atoms with Crippen LogP contribution in [0.5, 0.6) is 5.75 Å². The minimum atomic E-state index is -0.362. The molecule has 1 saturated heterocycles. The number of phenolic OH excluding ortho intramolecular Hbond substituents is 1. The van der Waals surface area contributed by atoms with Gasteiger partial charge in [-0.05, 0) is 50.9 Å². The Hall–Kier alpha value is -1.81. The van der Waals surface area contributed by atoms with Crippen LogP contribution in [0.3, 0.4) is 0 Å². The quantitative estimate of drug-likeness (QED) is 0.862. The van der Waals surface area contributed by atoms with Crippen LogP contribution in [0, 0.1) is 6.92 Å². The number of phenols is 1. The zero-order valence-electron chi connectivity index (χ0n) is 12.6. The number of fused-ring (bicyclic) bond motifs is 1. The van der Waals surface area contributed by atoms with E-state index in [1.54, 1.807) is 6.07 Å². The Morgan fingerprint density at radius 1 is 1.38 bits per heavy atom. The number of aromatic hydroxyl groups is 1. The summed E-state index contributed by atoms with van der Waals surface area (Å²) in [7, 11) is 0. The molecular weight excluding hydrogens is 266 g/mol. The predicted molar refractivity (Wildman–Crippen MR) is 82.6 cm³/mol. The summed E-state index contributed by atoms with van der Waals surface area (Å²) >= 11 is 0. The highest BCUT2D eigenvalue weighted by Gasteiger charge is 2.21. The van der Waals surface area contributed by atoms with Crippen molar-refractivity contribution in [2.75, 3.05) is 6.54 Å². The second-order valence-corrected chi connectivity index (χ2v) is 6.00. The predicted octanol–water partition coefficient (Wildman–Crippen LogP) is 3.18. The monoisotopic (exact) mass is 287 g/mol. The van der Waals surface area contributed by atoms with E-state index in [2.05, 4.69) is 11.8 Å². The van der Waals surface area contributed by atoms with Gasteiger partial charge in [0.15, 0.2) is 0 Å². The molecule has 1 N–H and O–H groups in total. The van der Waals surface area contributed by atoms with E-state index in [9.17, 15) is 9.90 Å². The first kappa shape index (κ1) is 14.1. The topological polar surface area (TPSA) is 53.7 Å². The van der Waals surface area contributed by atoms with Crippen molar-refractivity contribution in [3.05, 3.63) is 39.7 Å². The molecule has 1 aliphatic rings. The van der Waals surface area contributed by atoms with Crippen LogP contribution in [0.15, 0.2) is 27.4 Å². The minimum Gasteiger partial charge on any atom is -0.507 e. The normalized spacial score (nSPS) is 20.0. The molecule has 3 rings (SSSR count). The fourth-order valence-electron chi connectivity index (χ4n) is 3.18. The van der Waals surface area contributed by atoms with Crippen LogP contribution in [-0.2, 0) is 6.54 Å². The average Bonchev–Trinajstić information content (AvgIpc) is 2.44. The first-order valence-electron chi connectivity index (χ1n) is 7.55. The molecule has 0 spiro atoms. The molecular formula is C17H21NO3. The highest BCUT2D eigenvalue weighted by atomic mass is 16.4. The lowest BCUT2D eigenvalue weighted by Crippen LogP contribution is -2.36. The summed E-state index contributed by atoms with van der Waals surface area (Å²) in [6.45, 7) is 5.75. The van der Waals surface area contributed by atoms with E-state index < -0.39 is 0 Å². The van der Waals surface area contributed by atoms with Crippen LogP contribution in [0.1, 0.15) is 37.3 Å². The first-order valence-corrected chi connectivity index (χ1v) is 7.55. The lowest BCUT2D eigenvalue weighted by molar-refractivity contribution is 0.151. The second-order valence-electron chi connectivity index (χ2n) is 6.00. The molecule has 2 heterocycles. The van der Waals surface area contributed by atoms with Gasteiger partial charge in [-0.25, -0.2) is 4.79 Å². The maximum absolute atomic E-state index is 11.7. The van der Waals surface area contributed by atoms with E-state index in [1.807, 2.05) is 13.0 Å². The van der Waals surface area contributed by atoms with Gasteiger partial charge in [-0.2, -0.15) is 0 Å². The molecule has 0 amide bonds. The van der Waals surface area contributed by atoms with Gasteiger partial charge in [-0.1, -0.05) is 6.42 Å². The maximum Gasteiger partial charge on any atom is 0.336 e. The molecule has 21 heavy (non-hydrogen) atoms. The van der Waals surface area contributed by atoms with Gasteiger partial charge in [0.1, 0.15) is 11.3 Å². The van der Waals surface area contributed by atoms with Crippen molar-refractivity contribution in [1.82, 2.24) is 4.90 Å². The average molecular weight is 287 g/mol. The van der Waals surface area contributed by atoms with Crippen LogP contribution in [0.25, 0.3) is 11.0 Å². The zero-order chi connectivity index (χ0) is 15.0. The molecule has 1 aromatic carbocycles. The molecule has 4 heteroatoms. The second kappa shape index (κ2) is 5.53. The fourth-order valence-corrected chi connectivity index (χ4v) is 3.18. The van der Waals surface area contributed by atoms with Gasteiger partial charge < -0.3 is 9.52 Å². The van der Waals surface area contributed by atoms with Crippen LogP contribution >= 0.6 is 0 Å². The summed E-state index contributed by atoms with van der Waals surface area (Å²) < 4.78 is 5.39. The molecule has 0 radical (unpaired) electrons. The third-order valence-electron chi connectivity index (χ3n) is 4.50. The summed E-state index contributed by atoms with van der Waals surface area (Å²) in [6, 6.07) is 5.49. The van der Waals surface area contributed by atoms with E-state index in [0.29, 0.717) is 18.2 Å². The lowest BCUT2D eigenvalue weighted by atomic mass is 10.0. The molecule has 4 nitrogen and oxygen atoms in total. The van der Waals surface area contributed by atoms with Gasteiger partial charge >= 0.3 is 5.63 Å². The van der Waals surface area contributed by atoms with Crippen molar-refractivity contribution < 1.29 is 9.52 Å². The number of rotatable bonds is 2. The van der Waals surface area contributed by atoms with Gasteiger partial charge in [0.2, 0.25) is 0 Å². The van der Waals surface area contributed by atoms with E-state index in [4.69, 9.17) is 4.42 Å². The number of nitrogens with zero attached hydrogens (tertiary/aromatic N) is 1. The molecule has 0 bridgehead atoms. The number of hydrogen-bond acceptors (Lipinski definition) is 4. The highest BCUT2D eigenvalue weighted by Crippen LogP contribution is 2.31. The molecule has 0 unspecified atom stereocenters. The van der Waals surface area contributed by atoms with Crippen LogP contribution in [-0.4, -0.2) is 22.6 Å². The minimum absolute atomic E-state index is 0.203. The summed E-state index contributed by atoms with van der Waals surface area (Å²) in [4.78, 5) is 14.0. The zero-order valence-corrected chi connectivity index (χ0v) is 12.6. The summed E-state index contributed by atoms with van der Waals surface area (Å²) in [5.41, 5.74) is 1.77. The van der Waals surface area contributed by atoms with Crippen LogP contribution < -0.4 is 5.63 Å². The van der Waals surface area contributed by atoms with Crippen molar-refractivity contribution in [3.8, 4) is 5.75 Å². The Kier molecular flexibility index (Phi) is 3.72. The van der Waals surface area contributed by atoms with Gasteiger partial charge in [0.05, 0.1) is 5.56 Å². The van der Waals surface area contributed by atoms with Crippen molar-refractivity contribution >= 4 is 11.0 Å². The number of piperidine rings is 1. The third kappa shape index (κ3) is 2.68. The van der Waals surface area contributed by atoms with E-state index in [1.165, 1.54) is 25.3 Å². The molecule has 1 aromatic heterocycles. The molecule has 1 aliphatic heterocycles. The molecule has 2 aromatic rings. The van der Waals surface area contributed by atoms with Crippen molar-refractivity contribution in [1.29, 1.82) is 0 Å². The smallest absolute Gasteiger partial charge is 0.336 e. The third-order valence-corrected chi connectivity index (χ3v) is 4.50. The van der Waals surface area contributed by atoms with Gasteiger partial charge in [-0.3, -0.25) is 4.90 Å². The Balaban J connectivity index is 2.08. The van der Waals surface area contributed by atoms with Crippen LogP contribution in [0.4, 0.5) is 0 Å². The van der Waals surface area contributed by atoms with E-state index >= 15 is 0 Å². The summed E-state index contributed by atoms with van der Waals surface area (Å²) in [5.74, 6) is 0.203. The van der Waals surface area contributed by atoms with E-state index in [-0.39, 0.29) is 11.4 Å². The maximum atomic E-state index is 11.7. The number of hydrogen-bond donors (Lipinski definition) is 1. The SMILES string of the molecule is Cc1cc(=O)oc2c(CN3CCCC[C@H]3C)c(O)ccc12. The Morgan fingerprint density at radius 3 is 2.95 bits per heavy atom. The molecule has 0 aliphatic carbocycles. The molecule has 0 saturated carbocycles. The van der Waals surface area contributed by atoms with Crippen molar-refractivity contribution in [2.45, 2.75) is 45.7 Å². The number of aryl methyl sites for hydroxylation is 1. The summed E-state index contributed by atoms with van der Waals surface area (Å²) in [6.07, 6.45) is 3.61. The Labute approximate surface area is 124 Å². The molecule has 1 atom stereocenters. The van der Waals surface area contributed by atoms with Crippen molar-refractivity contribution in [2.24, 2.45) is 0 Å². The van der Waals surface area contributed by atoms with Crippen molar-refractivity contribution in [3.63, 3.8) is 0 Å². The van der Waals surface area contributed by atoms with E-state index in [0.717, 1.165) is 23.1 Å². The highest BCUT2D eigenvalue weighted by molar-refractivity contribution is 5.84. The largest absolute Gasteiger partial charge is 0.507 e. The summed E-state index contributed by atoms with van der Waals surface area (Å²) in [5, 5.41) is 11.1. The standard InChI is InChI=1S/C17H21NO3/c1-11-9-16(20)21-17-13(11)6-7-15(19)14(17)10-18-8-4-3-5-12(18)2/h6-7,9,12,19H,3-5,8,10H2,1-2H3/t12-/m1/s1. The van der Waals surface area contributed by atoms with Gasteiger partial charge in [0, 0.05) is 24.0 Å².